The second-order valence-corrected chi connectivity index (χ2v) is 8.71. The van der Waals surface area contributed by atoms with Gasteiger partial charge in [-0.3, -0.25) is 4.79 Å². The summed E-state index contributed by atoms with van der Waals surface area (Å²) in [7, 11) is 0. The van der Waals surface area contributed by atoms with Crippen LogP contribution in [0, 0.1) is 0 Å². The molecule has 0 bridgehead atoms. The molecule has 1 unspecified atom stereocenters. The lowest BCUT2D eigenvalue weighted by atomic mass is 9.98. The summed E-state index contributed by atoms with van der Waals surface area (Å²) >= 11 is 1.32. The van der Waals surface area contributed by atoms with Crippen LogP contribution in [0.1, 0.15) is 46.5 Å². The minimum Gasteiger partial charge on any atom is -0.481 e. The van der Waals surface area contributed by atoms with Crippen molar-refractivity contribution < 1.29 is 18.7 Å². The molecule has 0 spiro atoms. The second kappa shape index (κ2) is 10.9. The molecule has 0 saturated carbocycles. The first kappa shape index (κ1) is 23.4. The molecular formula is C26H24N2O5S. The van der Waals surface area contributed by atoms with Crippen molar-refractivity contribution in [3.63, 3.8) is 0 Å². The van der Waals surface area contributed by atoms with Crippen LogP contribution in [0.2, 0.25) is 0 Å². The fourth-order valence-electron chi connectivity index (χ4n) is 3.40. The Kier molecular flexibility index (Phi) is 7.49. The highest BCUT2D eigenvalue weighted by Crippen LogP contribution is 2.28. The van der Waals surface area contributed by atoms with Crippen LogP contribution in [-0.4, -0.2) is 22.8 Å². The number of nitrogens with zero attached hydrogens (tertiary/aromatic N) is 2. The zero-order valence-corrected chi connectivity index (χ0v) is 19.7. The van der Waals surface area contributed by atoms with Gasteiger partial charge < -0.3 is 13.9 Å². The topological polar surface area (TPSA) is 91.5 Å². The largest absolute Gasteiger partial charge is 0.481 e. The third kappa shape index (κ3) is 5.40. The van der Waals surface area contributed by atoms with Gasteiger partial charge in [-0.25, -0.2) is 4.79 Å². The first-order valence-electron chi connectivity index (χ1n) is 10.9. The van der Waals surface area contributed by atoms with Gasteiger partial charge in [0.1, 0.15) is 17.9 Å². The maximum Gasteiger partial charge on any atom is 0.378 e. The van der Waals surface area contributed by atoms with Crippen molar-refractivity contribution in [3.05, 3.63) is 99.0 Å². The summed E-state index contributed by atoms with van der Waals surface area (Å²) in [6.45, 7) is 4.03. The average molecular weight is 477 g/mol. The lowest BCUT2D eigenvalue weighted by Gasteiger charge is -2.10. The zero-order valence-electron chi connectivity index (χ0n) is 18.9. The van der Waals surface area contributed by atoms with Gasteiger partial charge in [-0.1, -0.05) is 78.9 Å². The smallest absolute Gasteiger partial charge is 0.378 e. The summed E-state index contributed by atoms with van der Waals surface area (Å²) in [6, 6.07) is 19.5. The summed E-state index contributed by atoms with van der Waals surface area (Å²) in [4.78, 5) is 25.7. The number of rotatable bonds is 9. The number of hydrogen-bond acceptors (Lipinski definition) is 8. The minimum atomic E-state index is -0.760. The zero-order chi connectivity index (χ0) is 23.9. The van der Waals surface area contributed by atoms with Crippen molar-refractivity contribution in [1.29, 1.82) is 0 Å². The molecule has 4 rings (SSSR count). The van der Waals surface area contributed by atoms with Crippen molar-refractivity contribution in [2.75, 3.05) is 6.61 Å². The Morgan fingerprint density at radius 3 is 2.47 bits per heavy atom. The normalized spacial score (nSPS) is 11.7. The van der Waals surface area contributed by atoms with Gasteiger partial charge in [0.2, 0.25) is 11.2 Å². The standard InChI is InChI=1S/C26H24N2O5S/c1-3-31-26(30)24-23(32-15-18-10-6-4-7-11-18)22(29)20(16-33-24)25-28-27-21(34-25)14-17(2)19-12-8-5-9-13-19/h4-13,16-17H,3,14-15H2,1-2H3. The second-order valence-electron chi connectivity index (χ2n) is 7.65. The number of benzene rings is 2. The summed E-state index contributed by atoms with van der Waals surface area (Å²) < 4.78 is 16.3. The third-order valence-electron chi connectivity index (χ3n) is 5.19. The van der Waals surface area contributed by atoms with Crippen LogP contribution in [0.4, 0.5) is 0 Å². The Hall–Kier alpha value is -3.78. The van der Waals surface area contributed by atoms with E-state index in [1.807, 2.05) is 48.5 Å². The van der Waals surface area contributed by atoms with E-state index in [9.17, 15) is 9.59 Å². The molecule has 0 radical (unpaired) electrons. The molecule has 2 aromatic carbocycles. The highest BCUT2D eigenvalue weighted by atomic mass is 32.1. The van der Waals surface area contributed by atoms with E-state index in [-0.39, 0.29) is 36.2 Å². The Labute approximate surface area is 201 Å². The van der Waals surface area contributed by atoms with Crippen molar-refractivity contribution in [2.24, 2.45) is 0 Å². The monoisotopic (exact) mass is 476 g/mol. The number of aromatic nitrogens is 2. The highest BCUT2D eigenvalue weighted by Gasteiger charge is 2.25. The number of carbonyl (C=O) groups excluding carboxylic acids is 1. The lowest BCUT2D eigenvalue weighted by molar-refractivity contribution is 0.0478. The molecule has 34 heavy (non-hydrogen) atoms. The summed E-state index contributed by atoms with van der Waals surface area (Å²) in [5, 5.41) is 9.67. The molecule has 0 saturated heterocycles. The van der Waals surface area contributed by atoms with Crippen molar-refractivity contribution in [2.45, 2.75) is 32.8 Å². The Balaban J connectivity index is 1.62. The Bertz CT molecular complexity index is 1300. The lowest BCUT2D eigenvalue weighted by Crippen LogP contribution is -2.17. The number of hydrogen-bond donors (Lipinski definition) is 0. The van der Waals surface area contributed by atoms with Gasteiger partial charge in [0.15, 0.2) is 5.01 Å². The van der Waals surface area contributed by atoms with E-state index in [4.69, 9.17) is 13.9 Å². The molecule has 2 heterocycles. The Morgan fingerprint density at radius 1 is 1.06 bits per heavy atom. The Morgan fingerprint density at radius 2 is 1.76 bits per heavy atom. The highest BCUT2D eigenvalue weighted by molar-refractivity contribution is 7.14. The van der Waals surface area contributed by atoms with Gasteiger partial charge in [0.25, 0.3) is 5.76 Å². The van der Waals surface area contributed by atoms with Crippen LogP contribution in [0.5, 0.6) is 5.75 Å². The average Bonchev–Trinajstić information content (AvgIpc) is 3.32. The molecule has 4 aromatic rings. The van der Waals surface area contributed by atoms with Crippen LogP contribution in [0.15, 0.2) is 76.1 Å². The molecule has 0 aliphatic carbocycles. The fraction of sp³-hybridized carbons (Fsp3) is 0.231. The number of ether oxygens (including phenoxy) is 2. The van der Waals surface area contributed by atoms with Gasteiger partial charge in [0, 0.05) is 6.42 Å². The first-order valence-corrected chi connectivity index (χ1v) is 11.8. The van der Waals surface area contributed by atoms with E-state index in [0.29, 0.717) is 11.4 Å². The van der Waals surface area contributed by atoms with Crippen molar-refractivity contribution in [1.82, 2.24) is 10.2 Å². The van der Waals surface area contributed by atoms with Crippen LogP contribution in [-0.2, 0) is 17.8 Å². The fourth-order valence-corrected chi connectivity index (χ4v) is 4.37. The molecular weight excluding hydrogens is 452 g/mol. The summed E-state index contributed by atoms with van der Waals surface area (Å²) in [5.41, 5.74) is 1.74. The van der Waals surface area contributed by atoms with Crippen LogP contribution in [0.25, 0.3) is 10.6 Å². The molecule has 8 heteroatoms. The maximum absolute atomic E-state index is 13.3. The molecule has 0 amide bonds. The molecule has 2 aromatic heterocycles. The third-order valence-corrected chi connectivity index (χ3v) is 6.16. The van der Waals surface area contributed by atoms with Crippen LogP contribution in [0.3, 0.4) is 0 Å². The van der Waals surface area contributed by atoms with E-state index in [1.165, 1.54) is 23.2 Å². The van der Waals surface area contributed by atoms with Crippen molar-refractivity contribution >= 4 is 17.3 Å². The van der Waals surface area contributed by atoms with Gasteiger partial charge in [-0.15, -0.1) is 10.2 Å². The van der Waals surface area contributed by atoms with Crippen LogP contribution >= 0.6 is 11.3 Å². The van der Waals surface area contributed by atoms with Gasteiger partial charge in [-0.2, -0.15) is 0 Å². The van der Waals surface area contributed by atoms with E-state index < -0.39 is 11.4 Å². The summed E-state index contributed by atoms with van der Waals surface area (Å²) in [5.74, 6) is -0.985. The van der Waals surface area contributed by atoms with Crippen molar-refractivity contribution in [3.8, 4) is 16.3 Å². The molecule has 0 N–H and O–H groups in total. The predicted molar refractivity (Wildman–Crippen MR) is 129 cm³/mol. The SMILES string of the molecule is CCOC(=O)c1occ(-c2nnc(CC(C)c3ccccc3)s2)c(=O)c1OCc1ccccc1. The molecule has 174 valence electrons. The van der Waals surface area contributed by atoms with E-state index in [2.05, 4.69) is 29.3 Å². The quantitative estimate of drug-likeness (QED) is 0.304. The molecule has 1 atom stereocenters. The van der Waals surface area contributed by atoms with Gasteiger partial charge in [0.05, 0.1) is 12.2 Å². The molecule has 0 fully saturated rings. The van der Waals surface area contributed by atoms with Gasteiger partial charge in [-0.05, 0) is 24.0 Å². The maximum atomic E-state index is 13.3. The molecule has 7 nitrogen and oxygen atoms in total. The van der Waals surface area contributed by atoms with E-state index in [0.717, 1.165) is 10.6 Å². The number of esters is 1. The first-order chi connectivity index (χ1) is 16.6. The van der Waals surface area contributed by atoms with E-state index >= 15 is 0 Å². The van der Waals surface area contributed by atoms with Crippen LogP contribution < -0.4 is 10.2 Å². The van der Waals surface area contributed by atoms with Gasteiger partial charge >= 0.3 is 5.97 Å². The molecule has 0 aliphatic rings. The summed E-state index contributed by atoms with van der Waals surface area (Å²) in [6.07, 6.45) is 1.90. The predicted octanol–water partition coefficient (Wildman–Crippen LogP) is 5.26. The molecule has 0 aliphatic heterocycles. The number of carbonyl (C=O) groups is 1. The van der Waals surface area contributed by atoms with E-state index in [1.54, 1.807) is 6.92 Å². The minimum absolute atomic E-state index is 0.0947.